The van der Waals surface area contributed by atoms with E-state index < -0.39 is 0 Å². The van der Waals surface area contributed by atoms with Crippen LogP contribution in [-0.4, -0.2) is 65.8 Å². The Bertz CT molecular complexity index is 1410. The number of rotatable bonds is 9. The first kappa shape index (κ1) is 35.6. The largest absolute Gasteiger partial charge is 0.508 e. The van der Waals surface area contributed by atoms with E-state index in [9.17, 15) is 14.3 Å². The first-order valence-electron chi connectivity index (χ1n) is 14.0. The number of benzene rings is 2. The molecule has 3 aromatic rings. The number of hydrazone groups is 1. The minimum absolute atomic E-state index is 0.0408. The van der Waals surface area contributed by atoms with Gasteiger partial charge >= 0.3 is 0 Å². The molecule has 1 fully saturated rings. The molecule has 1 aliphatic rings. The van der Waals surface area contributed by atoms with E-state index >= 15 is 0 Å². The van der Waals surface area contributed by atoms with Gasteiger partial charge in [0.05, 0.1) is 49.8 Å². The molecular weight excluding hydrogens is 585 g/mol. The van der Waals surface area contributed by atoms with Crippen molar-refractivity contribution < 1.29 is 19.0 Å². The summed E-state index contributed by atoms with van der Waals surface area (Å²) in [6, 6.07) is 14.9. The van der Waals surface area contributed by atoms with Crippen LogP contribution < -0.4 is 16.1 Å². The van der Waals surface area contributed by atoms with Crippen molar-refractivity contribution in [3.05, 3.63) is 102 Å². The van der Waals surface area contributed by atoms with Gasteiger partial charge in [0.15, 0.2) is 0 Å². The summed E-state index contributed by atoms with van der Waals surface area (Å²) in [7, 11) is 0. The smallest absolute Gasteiger partial charge is 0.255 e. The number of aromatic hydroxyl groups is 1. The van der Waals surface area contributed by atoms with E-state index in [0.29, 0.717) is 65.5 Å². The second-order valence-corrected chi connectivity index (χ2v) is 9.32. The Labute approximate surface area is 263 Å². The number of pyridine rings is 1. The number of nitrogens with one attached hydrogen (secondary N) is 3. The molecule has 2 heterocycles. The Morgan fingerprint density at radius 1 is 1.11 bits per heavy atom. The Morgan fingerprint density at radius 3 is 2.55 bits per heavy atom. The van der Waals surface area contributed by atoms with E-state index in [4.69, 9.17) is 16.3 Å². The first-order valence-corrected chi connectivity index (χ1v) is 14.3. The summed E-state index contributed by atoms with van der Waals surface area (Å²) in [5.74, 6) is -0.287. The summed E-state index contributed by atoms with van der Waals surface area (Å²) in [6.45, 7) is 14.5. The highest BCUT2D eigenvalue weighted by Gasteiger charge is 2.12. The summed E-state index contributed by atoms with van der Waals surface area (Å²) >= 11 is 5.94. The predicted octanol–water partition coefficient (Wildman–Crippen LogP) is 6.75. The van der Waals surface area contributed by atoms with E-state index in [0.717, 1.165) is 0 Å². The maximum atomic E-state index is 14.1. The molecule has 0 aliphatic carbocycles. The molecule has 44 heavy (non-hydrogen) atoms. The lowest BCUT2D eigenvalue weighted by Crippen LogP contribution is -2.37. The number of aliphatic imine (C=N–C) groups is 1. The zero-order chi connectivity index (χ0) is 32.3. The number of phenolic OH excluding ortho intramolecular Hbond substituents is 1. The van der Waals surface area contributed by atoms with Crippen LogP contribution in [0.15, 0.2) is 96.1 Å². The maximum Gasteiger partial charge on any atom is 0.255 e. The topological polar surface area (TPSA) is 123 Å². The fraction of sp³-hybridized carbons (Fsp3) is 0.250. The average Bonchev–Trinajstić information content (AvgIpc) is 3.03. The zero-order valence-corrected chi connectivity index (χ0v) is 25.9. The number of aromatic nitrogens is 1. The van der Waals surface area contributed by atoms with Gasteiger partial charge in [-0.3, -0.25) is 20.1 Å². The third-order valence-corrected chi connectivity index (χ3v) is 5.86. The number of amidine groups is 1. The molecule has 1 aliphatic heterocycles. The van der Waals surface area contributed by atoms with Crippen molar-refractivity contribution in [2.24, 2.45) is 10.1 Å². The van der Waals surface area contributed by atoms with Crippen LogP contribution in [0.5, 0.6) is 5.75 Å². The minimum atomic E-state index is -0.350. The van der Waals surface area contributed by atoms with Gasteiger partial charge in [-0.15, -0.1) is 13.2 Å². The number of amides is 1. The molecule has 0 bridgehead atoms. The molecule has 12 heteroatoms. The average molecular weight is 624 g/mol. The van der Waals surface area contributed by atoms with E-state index in [1.807, 2.05) is 30.9 Å². The van der Waals surface area contributed by atoms with Crippen LogP contribution in [-0.2, 0) is 4.74 Å². The summed E-state index contributed by atoms with van der Waals surface area (Å²) < 4.78 is 19.3. The Hall–Kier alpha value is -4.58. The zero-order valence-electron chi connectivity index (χ0n) is 25.2. The Morgan fingerprint density at radius 2 is 1.86 bits per heavy atom. The molecule has 4 rings (SSSR count). The molecule has 234 valence electrons. The molecular formula is C32H39ClFN7O3. The molecule has 0 atom stereocenters. The standard InChI is InChI=1S/C28H29ClFN7O3.C2H6.C2H4/c1-19(31-15-22(30)18-37-7-9-40-10-8-37)36-33-17-24-5-6-25(16-32-24)34-23-4-2-3-20(11-23)28(39)35-26-12-21(29)13-27(38)14-26;2*1-2/h2-6,11-17,34,38H,7-10,18H2,1H3,(H,31,36)(H,35,39);1-2H3;1-2H2/b22-15+,33-17+;;. The van der Waals surface area contributed by atoms with Crippen molar-refractivity contribution in [2.75, 3.05) is 43.5 Å². The number of carbonyl (C=O) groups is 1. The van der Waals surface area contributed by atoms with Crippen LogP contribution in [0.4, 0.5) is 21.5 Å². The number of hydrogen-bond acceptors (Lipinski definition) is 8. The molecule has 10 nitrogen and oxygen atoms in total. The van der Waals surface area contributed by atoms with Crippen LogP contribution in [0.3, 0.4) is 0 Å². The van der Waals surface area contributed by atoms with Gasteiger partial charge in [-0.1, -0.05) is 31.5 Å². The second kappa shape index (κ2) is 19.6. The van der Waals surface area contributed by atoms with E-state index in [1.54, 1.807) is 43.5 Å². The fourth-order valence-corrected chi connectivity index (χ4v) is 3.94. The first-order chi connectivity index (χ1) is 21.3. The number of ether oxygens (including phenoxy) is 1. The molecule has 2 aromatic carbocycles. The number of nitrogens with zero attached hydrogens (tertiary/aromatic N) is 4. The van der Waals surface area contributed by atoms with Crippen molar-refractivity contribution in [3.8, 4) is 5.75 Å². The molecule has 1 aromatic heterocycles. The molecule has 0 saturated carbocycles. The molecule has 1 amide bonds. The lowest BCUT2D eigenvalue weighted by molar-refractivity contribution is 0.0400. The highest BCUT2D eigenvalue weighted by atomic mass is 35.5. The molecule has 0 unspecified atom stereocenters. The van der Waals surface area contributed by atoms with Gasteiger partial charge in [0.2, 0.25) is 0 Å². The molecule has 4 N–H and O–H groups in total. The Balaban J connectivity index is 0.00000162. The van der Waals surface area contributed by atoms with Crippen LogP contribution in [0.25, 0.3) is 0 Å². The SMILES string of the molecule is C=C.CC.CC(=N/C=C(/F)CN1CCOCC1)N/N=C/c1ccc(Nc2cccc(C(=O)Nc3cc(O)cc(Cl)c3)c2)cn1. The predicted molar refractivity (Wildman–Crippen MR) is 178 cm³/mol. The van der Waals surface area contributed by atoms with Crippen LogP contribution in [0.2, 0.25) is 5.02 Å². The summed E-state index contributed by atoms with van der Waals surface area (Å²) in [6.07, 6.45) is 4.34. The number of hydrogen-bond donors (Lipinski definition) is 4. The van der Waals surface area contributed by atoms with Gasteiger partial charge in [-0.05, 0) is 49.4 Å². The third kappa shape index (κ3) is 12.7. The summed E-state index contributed by atoms with van der Waals surface area (Å²) in [4.78, 5) is 23.0. The number of halogens is 2. The van der Waals surface area contributed by atoms with Crippen molar-refractivity contribution in [1.29, 1.82) is 0 Å². The Kier molecular flexibility index (Phi) is 15.8. The van der Waals surface area contributed by atoms with Crippen LogP contribution in [0.1, 0.15) is 36.8 Å². The van der Waals surface area contributed by atoms with Gasteiger partial charge in [0.1, 0.15) is 17.4 Å². The quantitative estimate of drug-likeness (QED) is 0.0900. The van der Waals surface area contributed by atoms with Crippen LogP contribution >= 0.6 is 11.6 Å². The number of phenols is 1. The highest BCUT2D eigenvalue weighted by molar-refractivity contribution is 6.31. The normalized spacial score (nSPS) is 13.7. The monoisotopic (exact) mass is 623 g/mol. The second-order valence-electron chi connectivity index (χ2n) is 8.88. The number of morpholine rings is 1. The van der Waals surface area contributed by atoms with E-state index in [-0.39, 0.29) is 24.0 Å². The van der Waals surface area contributed by atoms with Crippen molar-refractivity contribution in [3.63, 3.8) is 0 Å². The number of carbonyl (C=O) groups excluding carboxylic acids is 1. The van der Waals surface area contributed by atoms with E-state index in [2.05, 4.69) is 44.3 Å². The van der Waals surface area contributed by atoms with Crippen molar-refractivity contribution in [2.45, 2.75) is 20.8 Å². The lowest BCUT2D eigenvalue weighted by atomic mass is 10.1. The molecule has 0 radical (unpaired) electrons. The molecule has 1 saturated heterocycles. The summed E-state index contributed by atoms with van der Waals surface area (Å²) in [5.41, 5.74) is 5.54. The van der Waals surface area contributed by atoms with Crippen LogP contribution in [0, 0.1) is 0 Å². The van der Waals surface area contributed by atoms with Crippen molar-refractivity contribution in [1.82, 2.24) is 15.3 Å². The summed E-state index contributed by atoms with van der Waals surface area (Å²) in [5, 5.41) is 20.0. The minimum Gasteiger partial charge on any atom is -0.508 e. The van der Waals surface area contributed by atoms with Gasteiger partial charge in [0.25, 0.3) is 5.91 Å². The van der Waals surface area contributed by atoms with Gasteiger partial charge in [0, 0.05) is 41.1 Å². The van der Waals surface area contributed by atoms with Gasteiger partial charge < -0.3 is 20.5 Å². The number of anilines is 3. The van der Waals surface area contributed by atoms with Gasteiger partial charge in [-0.25, -0.2) is 9.38 Å². The third-order valence-electron chi connectivity index (χ3n) is 5.64. The van der Waals surface area contributed by atoms with Crippen molar-refractivity contribution >= 4 is 46.6 Å². The molecule has 0 spiro atoms. The maximum absolute atomic E-state index is 14.1. The van der Waals surface area contributed by atoms with E-state index in [1.165, 1.54) is 24.5 Å². The van der Waals surface area contributed by atoms with Gasteiger partial charge in [-0.2, -0.15) is 5.10 Å². The highest BCUT2D eigenvalue weighted by Crippen LogP contribution is 2.24. The lowest BCUT2D eigenvalue weighted by Gasteiger charge is -2.25. The fourth-order valence-electron chi connectivity index (χ4n) is 3.71.